The van der Waals surface area contributed by atoms with Crippen molar-refractivity contribution in [3.63, 3.8) is 0 Å². The summed E-state index contributed by atoms with van der Waals surface area (Å²) in [5, 5.41) is 0. The highest BCUT2D eigenvalue weighted by atomic mass is 16.5. The number of rotatable bonds is 6. The van der Waals surface area contributed by atoms with Crippen molar-refractivity contribution in [3.8, 4) is 5.75 Å². The lowest BCUT2D eigenvalue weighted by Crippen LogP contribution is -2.44. The second kappa shape index (κ2) is 8.77. The molecule has 1 heterocycles. The van der Waals surface area contributed by atoms with E-state index >= 15 is 0 Å². The zero-order valence-electron chi connectivity index (χ0n) is 16.1. The first-order valence-electron chi connectivity index (χ1n) is 9.25. The van der Waals surface area contributed by atoms with Gasteiger partial charge in [-0.1, -0.05) is 24.3 Å². The molecule has 0 atom stereocenters. The summed E-state index contributed by atoms with van der Waals surface area (Å²) in [6, 6.07) is 15.7. The van der Waals surface area contributed by atoms with Crippen LogP contribution in [0.3, 0.4) is 0 Å². The Morgan fingerprint density at radius 2 is 1.70 bits per heavy atom. The maximum atomic E-state index is 12.0. The minimum Gasteiger partial charge on any atom is -0.497 e. The lowest BCUT2D eigenvalue weighted by atomic mass is 10.1. The highest BCUT2D eigenvalue weighted by Crippen LogP contribution is 2.20. The SMILES string of the molecule is COc1ccc(CN(Cc2cccc(N3CCN(C)CC3)c2)C(N)=O)cc1. The maximum Gasteiger partial charge on any atom is 0.315 e. The normalized spacial score (nSPS) is 14.8. The van der Waals surface area contributed by atoms with Gasteiger partial charge in [0.25, 0.3) is 0 Å². The van der Waals surface area contributed by atoms with Gasteiger partial charge in [0.05, 0.1) is 7.11 Å². The molecule has 1 saturated heterocycles. The summed E-state index contributed by atoms with van der Waals surface area (Å²) in [4.78, 5) is 18.3. The van der Waals surface area contributed by atoms with E-state index in [2.05, 4.69) is 35.0 Å². The molecule has 0 spiro atoms. The molecule has 0 aromatic heterocycles. The third-order valence-corrected chi connectivity index (χ3v) is 5.00. The second-order valence-corrected chi connectivity index (χ2v) is 7.00. The summed E-state index contributed by atoms with van der Waals surface area (Å²) in [6.45, 7) is 5.13. The minimum atomic E-state index is -0.421. The fraction of sp³-hybridized carbons (Fsp3) is 0.381. The van der Waals surface area contributed by atoms with Crippen LogP contribution in [-0.4, -0.2) is 56.2 Å². The van der Waals surface area contributed by atoms with E-state index in [-0.39, 0.29) is 0 Å². The van der Waals surface area contributed by atoms with Crippen LogP contribution in [0.15, 0.2) is 48.5 Å². The van der Waals surface area contributed by atoms with Gasteiger partial charge in [0.2, 0.25) is 0 Å². The first-order valence-corrected chi connectivity index (χ1v) is 9.25. The Morgan fingerprint density at radius 1 is 1.04 bits per heavy atom. The van der Waals surface area contributed by atoms with E-state index in [0.29, 0.717) is 13.1 Å². The van der Waals surface area contributed by atoms with Gasteiger partial charge < -0.3 is 25.2 Å². The van der Waals surface area contributed by atoms with Crippen LogP contribution in [-0.2, 0) is 13.1 Å². The fourth-order valence-corrected chi connectivity index (χ4v) is 3.30. The number of hydrogen-bond acceptors (Lipinski definition) is 4. The first kappa shape index (κ1) is 19.0. The molecular weight excluding hydrogens is 340 g/mol. The zero-order chi connectivity index (χ0) is 19.2. The molecule has 1 fully saturated rings. The number of hydrogen-bond donors (Lipinski definition) is 1. The monoisotopic (exact) mass is 368 g/mol. The molecule has 2 N–H and O–H groups in total. The van der Waals surface area contributed by atoms with Crippen molar-refractivity contribution in [2.75, 3.05) is 45.2 Å². The van der Waals surface area contributed by atoms with Crippen molar-refractivity contribution in [1.29, 1.82) is 0 Å². The minimum absolute atomic E-state index is 0.421. The number of ether oxygens (including phenoxy) is 1. The molecule has 144 valence electrons. The molecule has 2 aromatic carbocycles. The standard InChI is InChI=1S/C21H28N4O2/c1-23-10-12-24(13-11-23)19-5-3-4-18(14-19)16-25(21(22)26)15-17-6-8-20(27-2)9-7-17/h3-9,14H,10-13,15-16H2,1-2H3,(H2,22,26). The van der Waals surface area contributed by atoms with Crippen LogP contribution >= 0.6 is 0 Å². The smallest absolute Gasteiger partial charge is 0.315 e. The lowest BCUT2D eigenvalue weighted by molar-refractivity contribution is 0.202. The number of carbonyl (C=O) groups is 1. The van der Waals surface area contributed by atoms with E-state index in [9.17, 15) is 4.79 Å². The lowest BCUT2D eigenvalue weighted by Gasteiger charge is -2.34. The van der Waals surface area contributed by atoms with E-state index in [4.69, 9.17) is 10.5 Å². The predicted octanol–water partition coefficient (Wildman–Crippen LogP) is 2.53. The number of nitrogens with zero attached hydrogens (tertiary/aromatic N) is 3. The first-order chi connectivity index (χ1) is 13.0. The van der Waals surface area contributed by atoms with E-state index in [1.807, 2.05) is 30.3 Å². The van der Waals surface area contributed by atoms with Gasteiger partial charge in [-0.15, -0.1) is 0 Å². The van der Waals surface area contributed by atoms with E-state index in [0.717, 1.165) is 43.1 Å². The molecule has 0 unspecified atom stereocenters. The summed E-state index contributed by atoms with van der Waals surface area (Å²) >= 11 is 0. The molecule has 0 saturated carbocycles. The van der Waals surface area contributed by atoms with Gasteiger partial charge in [-0.3, -0.25) is 0 Å². The number of amides is 2. The van der Waals surface area contributed by atoms with Crippen molar-refractivity contribution in [2.45, 2.75) is 13.1 Å². The molecule has 0 aliphatic carbocycles. The quantitative estimate of drug-likeness (QED) is 0.851. The number of anilines is 1. The molecule has 1 aliphatic heterocycles. The topological polar surface area (TPSA) is 62.0 Å². The van der Waals surface area contributed by atoms with Crippen LogP contribution in [0.5, 0.6) is 5.75 Å². The summed E-state index contributed by atoms with van der Waals surface area (Å²) in [7, 11) is 3.79. The highest BCUT2D eigenvalue weighted by molar-refractivity contribution is 5.72. The van der Waals surface area contributed by atoms with Gasteiger partial charge in [0.1, 0.15) is 5.75 Å². The summed E-state index contributed by atoms with van der Waals surface area (Å²) in [6.07, 6.45) is 0. The Morgan fingerprint density at radius 3 is 2.33 bits per heavy atom. The molecule has 6 heteroatoms. The predicted molar refractivity (Wildman–Crippen MR) is 108 cm³/mol. The molecule has 2 aromatic rings. The Bertz CT molecular complexity index is 755. The van der Waals surface area contributed by atoms with Crippen molar-refractivity contribution in [1.82, 2.24) is 9.80 Å². The van der Waals surface area contributed by atoms with E-state index in [1.165, 1.54) is 5.69 Å². The Kier molecular flexibility index (Phi) is 6.19. The Balaban J connectivity index is 1.68. The number of nitrogens with two attached hydrogens (primary N) is 1. The van der Waals surface area contributed by atoms with Crippen LogP contribution in [0.2, 0.25) is 0 Å². The van der Waals surface area contributed by atoms with E-state index in [1.54, 1.807) is 12.0 Å². The number of carbonyl (C=O) groups excluding carboxylic acids is 1. The zero-order valence-corrected chi connectivity index (χ0v) is 16.1. The molecule has 3 rings (SSSR count). The van der Waals surface area contributed by atoms with Crippen LogP contribution < -0.4 is 15.4 Å². The van der Waals surface area contributed by atoms with Gasteiger partial charge >= 0.3 is 6.03 Å². The third-order valence-electron chi connectivity index (χ3n) is 5.00. The van der Waals surface area contributed by atoms with Crippen LogP contribution in [0.25, 0.3) is 0 Å². The third kappa shape index (κ3) is 5.14. The van der Waals surface area contributed by atoms with E-state index < -0.39 is 6.03 Å². The summed E-state index contributed by atoms with van der Waals surface area (Å²) in [5.74, 6) is 0.796. The number of piperazine rings is 1. The molecule has 0 bridgehead atoms. The number of primary amides is 1. The maximum absolute atomic E-state index is 12.0. The van der Waals surface area contributed by atoms with Crippen molar-refractivity contribution >= 4 is 11.7 Å². The summed E-state index contributed by atoms with van der Waals surface area (Å²) < 4.78 is 5.18. The largest absolute Gasteiger partial charge is 0.497 e. The number of methoxy groups -OCH3 is 1. The van der Waals surface area contributed by atoms with Gasteiger partial charge in [0.15, 0.2) is 0 Å². The highest BCUT2D eigenvalue weighted by Gasteiger charge is 2.16. The van der Waals surface area contributed by atoms with Crippen molar-refractivity contribution in [2.24, 2.45) is 5.73 Å². The average Bonchev–Trinajstić information content (AvgIpc) is 2.69. The number of urea groups is 1. The van der Waals surface area contributed by atoms with Crippen LogP contribution in [0, 0.1) is 0 Å². The van der Waals surface area contributed by atoms with Gasteiger partial charge in [-0.25, -0.2) is 4.79 Å². The molecule has 0 radical (unpaired) electrons. The average molecular weight is 368 g/mol. The second-order valence-electron chi connectivity index (χ2n) is 7.00. The Hall–Kier alpha value is -2.73. The fourth-order valence-electron chi connectivity index (χ4n) is 3.30. The molecule has 6 nitrogen and oxygen atoms in total. The van der Waals surface area contributed by atoms with Gasteiger partial charge in [0, 0.05) is 45.0 Å². The Labute approximate surface area is 161 Å². The van der Waals surface area contributed by atoms with Crippen molar-refractivity contribution in [3.05, 3.63) is 59.7 Å². The molecular formula is C21H28N4O2. The molecule has 27 heavy (non-hydrogen) atoms. The molecule has 1 aliphatic rings. The van der Waals surface area contributed by atoms with Gasteiger partial charge in [-0.05, 0) is 42.4 Å². The molecule has 2 amide bonds. The van der Waals surface area contributed by atoms with Crippen LogP contribution in [0.1, 0.15) is 11.1 Å². The number of likely N-dealkylation sites (N-methyl/N-ethyl adjacent to an activating group) is 1. The van der Waals surface area contributed by atoms with Crippen molar-refractivity contribution < 1.29 is 9.53 Å². The van der Waals surface area contributed by atoms with Gasteiger partial charge in [-0.2, -0.15) is 0 Å². The summed E-state index contributed by atoms with van der Waals surface area (Å²) in [5.41, 5.74) is 8.93. The number of benzene rings is 2. The van der Waals surface area contributed by atoms with Crippen LogP contribution in [0.4, 0.5) is 10.5 Å².